The van der Waals surface area contributed by atoms with Crippen molar-refractivity contribution in [3.05, 3.63) is 88.5 Å². The van der Waals surface area contributed by atoms with Gasteiger partial charge in [-0.25, -0.2) is 19.2 Å². The first-order valence-electron chi connectivity index (χ1n) is 9.37. The van der Waals surface area contributed by atoms with E-state index in [-0.39, 0.29) is 22.6 Å². The quantitative estimate of drug-likeness (QED) is 0.329. The zero-order valence-corrected chi connectivity index (χ0v) is 17.0. The molecule has 0 atom stereocenters. The molecule has 0 spiro atoms. The number of carbonyl (C=O) groups is 5. The van der Waals surface area contributed by atoms with Crippen LogP contribution in [0.3, 0.4) is 0 Å². The lowest BCUT2D eigenvalue weighted by Crippen LogP contribution is -2.15. The fourth-order valence-corrected chi connectivity index (χ4v) is 2.94. The number of benzene rings is 3. The van der Waals surface area contributed by atoms with Crippen molar-refractivity contribution in [1.82, 2.24) is 0 Å². The fourth-order valence-electron chi connectivity index (χ4n) is 2.94. The topological polar surface area (TPSA) is 188 Å². The predicted molar refractivity (Wildman–Crippen MR) is 115 cm³/mol. The van der Waals surface area contributed by atoms with E-state index < -0.39 is 46.5 Å². The molecule has 1 amide bonds. The van der Waals surface area contributed by atoms with E-state index in [1.54, 1.807) is 0 Å². The maximum atomic E-state index is 12.4. The Labute approximate surface area is 190 Å². The maximum absolute atomic E-state index is 12.4. The zero-order valence-electron chi connectivity index (χ0n) is 17.0. The summed E-state index contributed by atoms with van der Waals surface area (Å²) in [4.78, 5) is 57.3. The standard InChI is InChI=1S/C23H15NO10/c25-19(11-1-7-15(20(26)27)17(9-11)22(30)31)24-12-2-4-13(5-3-12)34-14-6-8-16(21(28)29)18(10-14)23(32)33/h1-10H,(H,24,25)(H,26,27)(H,28,29)(H,30,31)(H,32,33). The molecule has 3 aromatic carbocycles. The Morgan fingerprint density at radius 2 is 1.03 bits per heavy atom. The van der Waals surface area contributed by atoms with Gasteiger partial charge in [-0.15, -0.1) is 0 Å². The van der Waals surface area contributed by atoms with Crippen LogP contribution in [0.25, 0.3) is 0 Å². The number of aromatic carboxylic acids is 4. The van der Waals surface area contributed by atoms with Crippen LogP contribution in [0.5, 0.6) is 11.5 Å². The summed E-state index contributed by atoms with van der Waals surface area (Å²) in [6.07, 6.45) is 0. The second-order valence-corrected chi connectivity index (χ2v) is 6.77. The first-order valence-corrected chi connectivity index (χ1v) is 9.37. The molecule has 0 saturated carbocycles. The number of amides is 1. The van der Waals surface area contributed by atoms with E-state index in [0.29, 0.717) is 5.69 Å². The summed E-state index contributed by atoms with van der Waals surface area (Å²) in [5.74, 6) is -6.08. The highest BCUT2D eigenvalue weighted by atomic mass is 16.5. The Hall–Kier alpha value is -5.19. The van der Waals surface area contributed by atoms with Gasteiger partial charge in [-0.3, -0.25) is 4.79 Å². The Bertz CT molecular complexity index is 1330. The van der Waals surface area contributed by atoms with Crippen molar-refractivity contribution in [2.75, 3.05) is 5.32 Å². The normalized spacial score (nSPS) is 10.2. The highest BCUT2D eigenvalue weighted by Gasteiger charge is 2.19. The van der Waals surface area contributed by atoms with E-state index in [2.05, 4.69) is 5.32 Å². The maximum Gasteiger partial charge on any atom is 0.336 e. The van der Waals surface area contributed by atoms with Gasteiger partial charge in [0.2, 0.25) is 0 Å². The van der Waals surface area contributed by atoms with E-state index in [1.807, 2.05) is 0 Å². The number of hydrogen-bond acceptors (Lipinski definition) is 6. The number of carboxylic acid groups (broad SMARTS) is 4. The van der Waals surface area contributed by atoms with Gasteiger partial charge in [0, 0.05) is 11.3 Å². The molecular formula is C23H15NO10. The van der Waals surface area contributed by atoms with Crippen LogP contribution in [-0.2, 0) is 0 Å². The van der Waals surface area contributed by atoms with Gasteiger partial charge in [-0.1, -0.05) is 0 Å². The Kier molecular flexibility index (Phi) is 6.58. The number of ether oxygens (including phenoxy) is 1. The Balaban J connectivity index is 1.75. The molecule has 0 radical (unpaired) electrons. The van der Waals surface area contributed by atoms with E-state index in [0.717, 1.165) is 24.3 Å². The van der Waals surface area contributed by atoms with E-state index in [4.69, 9.17) is 14.9 Å². The molecule has 34 heavy (non-hydrogen) atoms. The molecule has 172 valence electrons. The van der Waals surface area contributed by atoms with Crippen LogP contribution in [0.4, 0.5) is 5.69 Å². The van der Waals surface area contributed by atoms with Gasteiger partial charge in [0.25, 0.3) is 5.91 Å². The van der Waals surface area contributed by atoms with Crippen molar-refractivity contribution in [1.29, 1.82) is 0 Å². The number of carbonyl (C=O) groups excluding carboxylic acids is 1. The minimum atomic E-state index is -1.49. The summed E-state index contributed by atoms with van der Waals surface area (Å²) in [5, 5.41) is 39.0. The monoisotopic (exact) mass is 465 g/mol. The molecule has 0 heterocycles. The van der Waals surface area contributed by atoms with Crippen molar-refractivity contribution >= 4 is 35.5 Å². The smallest absolute Gasteiger partial charge is 0.336 e. The average Bonchev–Trinajstić information content (AvgIpc) is 2.79. The van der Waals surface area contributed by atoms with Gasteiger partial charge in [0.1, 0.15) is 11.5 Å². The first-order chi connectivity index (χ1) is 16.1. The lowest BCUT2D eigenvalue weighted by Gasteiger charge is -2.10. The third-order valence-corrected chi connectivity index (χ3v) is 4.54. The van der Waals surface area contributed by atoms with Gasteiger partial charge in [0.05, 0.1) is 22.3 Å². The molecule has 3 aromatic rings. The molecule has 0 aliphatic rings. The van der Waals surface area contributed by atoms with Crippen LogP contribution >= 0.6 is 0 Å². The third-order valence-electron chi connectivity index (χ3n) is 4.54. The summed E-state index contributed by atoms with van der Waals surface area (Å²) in [6, 6.07) is 12.5. The summed E-state index contributed by atoms with van der Waals surface area (Å²) in [6.45, 7) is 0. The largest absolute Gasteiger partial charge is 0.478 e. The average molecular weight is 465 g/mol. The van der Waals surface area contributed by atoms with Crippen LogP contribution in [0, 0.1) is 0 Å². The molecule has 0 unspecified atom stereocenters. The van der Waals surface area contributed by atoms with Crippen molar-refractivity contribution < 1.29 is 49.1 Å². The zero-order chi connectivity index (χ0) is 25.0. The van der Waals surface area contributed by atoms with E-state index in [9.17, 15) is 34.2 Å². The number of carboxylic acids is 4. The van der Waals surface area contributed by atoms with Gasteiger partial charge in [-0.2, -0.15) is 0 Å². The lowest BCUT2D eigenvalue weighted by atomic mass is 10.0. The third kappa shape index (κ3) is 5.16. The molecule has 0 bridgehead atoms. The molecular weight excluding hydrogens is 450 g/mol. The highest BCUT2D eigenvalue weighted by molar-refractivity contribution is 6.08. The van der Waals surface area contributed by atoms with Gasteiger partial charge < -0.3 is 30.5 Å². The SMILES string of the molecule is O=C(Nc1ccc(Oc2ccc(C(=O)O)c(C(=O)O)c2)cc1)c1ccc(C(=O)O)c(C(=O)O)c1. The van der Waals surface area contributed by atoms with Crippen LogP contribution in [-0.4, -0.2) is 50.2 Å². The van der Waals surface area contributed by atoms with Crippen molar-refractivity contribution in [2.45, 2.75) is 0 Å². The highest BCUT2D eigenvalue weighted by Crippen LogP contribution is 2.26. The minimum Gasteiger partial charge on any atom is -0.478 e. The molecule has 0 aliphatic carbocycles. The molecule has 11 nitrogen and oxygen atoms in total. The molecule has 11 heteroatoms. The molecule has 0 aromatic heterocycles. The summed E-state index contributed by atoms with van der Waals surface area (Å²) in [7, 11) is 0. The number of hydrogen-bond donors (Lipinski definition) is 5. The predicted octanol–water partition coefficient (Wildman–Crippen LogP) is 3.52. The molecule has 5 N–H and O–H groups in total. The van der Waals surface area contributed by atoms with Crippen LogP contribution in [0.1, 0.15) is 51.8 Å². The minimum absolute atomic E-state index is 0.0672. The number of anilines is 1. The molecule has 0 saturated heterocycles. The summed E-state index contributed by atoms with van der Waals surface area (Å²) < 4.78 is 5.54. The second kappa shape index (κ2) is 9.53. The van der Waals surface area contributed by atoms with Gasteiger partial charge in [0.15, 0.2) is 0 Å². The van der Waals surface area contributed by atoms with Gasteiger partial charge in [-0.05, 0) is 60.7 Å². The van der Waals surface area contributed by atoms with E-state index in [1.165, 1.54) is 36.4 Å². The van der Waals surface area contributed by atoms with Crippen LogP contribution in [0.2, 0.25) is 0 Å². The summed E-state index contributed by atoms with van der Waals surface area (Å²) in [5.41, 5.74) is -1.57. The fraction of sp³-hybridized carbons (Fsp3) is 0. The number of rotatable bonds is 8. The Morgan fingerprint density at radius 3 is 1.56 bits per heavy atom. The van der Waals surface area contributed by atoms with Crippen LogP contribution < -0.4 is 10.1 Å². The molecule has 0 aliphatic heterocycles. The van der Waals surface area contributed by atoms with E-state index >= 15 is 0 Å². The van der Waals surface area contributed by atoms with Crippen molar-refractivity contribution in [3.63, 3.8) is 0 Å². The Morgan fingerprint density at radius 1 is 0.559 bits per heavy atom. The molecule has 3 rings (SSSR count). The first kappa shape index (κ1) is 23.5. The lowest BCUT2D eigenvalue weighted by molar-refractivity contribution is 0.0651. The summed E-state index contributed by atoms with van der Waals surface area (Å²) >= 11 is 0. The van der Waals surface area contributed by atoms with Crippen molar-refractivity contribution in [3.8, 4) is 11.5 Å². The van der Waals surface area contributed by atoms with Crippen molar-refractivity contribution in [2.24, 2.45) is 0 Å². The molecule has 0 fully saturated rings. The second-order valence-electron chi connectivity index (χ2n) is 6.77. The van der Waals surface area contributed by atoms with Gasteiger partial charge >= 0.3 is 23.9 Å². The van der Waals surface area contributed by atoms with Crippen LogP contribution in [0.15, 0.2) is 60.7 Å². The number of nitrogens with one attached hydrogen (secondary N) is 1.